The maximum atomic E-state index is 12.8. The van der Waals surface area contributed by atoms with E-state index < -0.39 is 40.6 Å². The molecule has 0 aromatic heterocycles. The lowest BCUT2D eigenvalue weighted by Crippen LogP contribution is -2.49. The van der Waals surface area contributed by atoms with E-state index in [0.717, 1.165) is 11.1 Å². The Kier molecular flexibility index (Phi) is 7.39. The molecular weight excluding hydrogens is 332 g/mol. The van der Waals surface area contributed by atoms with Crippen molar-refractivity contribution in [2.45, 2.75) is 66.4 Å². The minimum absolute atomic E-state index is 0.0191. The van der Waals surface area contributed by atoms with E-state index in [1.807, 2.05) is 27.7 Å². The lowest BCUT2D eigenvalue weighted by molar-refractivity contribution is -0.153. The monoisotopic (exact) mass is 362 g/mol. The van der Waals surface area contributed by atoms with E-state index in [-0.39, 0.29) is 25.2 Å². The lowest BCUT2D eigenvalue weighted by atomic mass is 9.81. The zero-order chi connectivity index (χ0) is 20.2. The maximum Gasteiger partial charge on any atom is 0.192 e. The number of carbonyl (C=O) groups is 4. The fraction of sp³-hybridized carbons (Fsp3) is 0.619. The van der Waals surface area contributed by atoms with Gasteiger partial charge in [-0.05, 0) is 40.0 Å². The number of hydrogen-bond acceptors (Lipinski definition) is 5. The van der Waals surface area contributed by atoms with Crippen molar-refractivity contribution in [2.24, 2.45) is 17.8 Å². The van der Waals surface area contributed by atoms with Crippen LogP contribution in [0.25, 0.3) is 0 Å². The first-order valence-electron chi connectivity index (χ1n) is 9.06. The molecule has 0 aromatic rings. The Hall–Kier alpha value is -1.88. The molecule has 1 rings (SSSR count). The molecular formula is C21H30O5. The summed E-state index contributed by atoms with van der Waals surface area (Å²) in [5.41, 5.74) is -0.653. The molecule has 0 aromatic carbocycles. The van der Waals surface area contributed by atoms with Crippen molar-refractivity contribution in [1.82, 2.24) is 0 Å². The topological polar surface area (TPSA) is 88.5 Å². The summed E-state index contributed by atoms with van der Waals surface area (Å²) in [6.45, 7) is 10.9. The number of hydrogen-bond donors (Lipinski definition) is 1. The number of ketones is 4. The second-order valence-electron chi connectivity index (χ2n) is 8.01. The summed E-state index contributed by atoms with van der Waals surface area (Å²) in [7, 11) is 0. The molecule has 1 saturated carbocycles. The molecule has 0 aliphatic heterocycles. The summed E-state index contributed by atoms with van der Waals surface area (Å²) < 4.78 is 0. The van der Waals surface area contributed by atoms with Gasteiger partial charge >= 0.3 is 0 Å². The Labute approximate surface area is 155 Å². The highest BCUT2D eigenvalue weighted by Gasteiger charge is 2.64. The first kappa shape index (κ1) is 22.2. The lowest BCUT2D eigenvalue weighted by Gasteiger charge is -2.25. The second-order valence-corrected chi connectivity index (χ2v) is 8.01. The van der Waals surface area contributed by atoms with E-state index >= 15 is 0 Å². The van der Waals surface area contributed by atoms with Crippen LogP contribution in [0.2, 0.25) is 0 Å². The van der Waals surface area contributed by atoms with Gasteiger partial charge in [0.2, 0.25) is 0 Å². The van der Waals surface area contributed by atoms with Gasteiger partial charge in [-0.2, -0.15) is 0 Å². The molecule has 3 atom stereocenters. The van der Waals surface area contributed by atoms with Crippen molar-refractivity contribution in [3.63, 3.8) is 0 Å². The molecule has 5 heteroatoms. The normalized spacial score (nSPS) is 25.4. The molecule has 0 spiro atoms. The first-order chi connectivity index (χ1) is 11.9. The number of allylic oxidation sites excluding steroid dienone is 4. The van der Waals surface area contributed by atoms with Gasteiger partial charge in [0.1, 0.15) is 5.92 Å². The summed E-state index contributed by atoms with van der Waals surface area (Å²) in [6, 6.07) is 0. The minimum atomic E-state index is -2.42. The third kappa shape index (κ3) is 4.64. The quantitative estimate of drug-likeness (QED) is 0.530. The smallest absolute Gasteiger partial charge is 0.192 e. The largest absolute Gasteiger partial charge is 0.374 e. The molecule has 1 aliphatic rings. The average Bonchev–Trinajstić information content (AvgIpc) is 2.69. The molecule has 1 fully saturated rings. The fourth-order valence-electron chi connectivity index (χ4n) is 3.18. The number of rotatable bonds is 8. The highest BCUT2D eigenvalue weighted by Crippen LogP contribution is 2.39. The second kappa shape index (κ2) is 8.67. The van der Waals surface area contributed by atoms with Crippen molar-refractivity contribution in [3.8, 4) is 0 Å². The molecule has 1 aliphatic carbocycles. The van der Waals surface area contributed by atoms with E-state index in [1.165, 1.54) is 0 Å². The standard InChI is InChI=1S/C21H30O5/c1-12(2)7-9-15-19(24)18(16(22)11-14(5)6)20(25)21(15,26)17(23)10-8-13(3)4/h7-8,14-15,18,26H,9-11H2,1-6H3/t15-,18?,21+/m1/s1. The van der Waals surface area contributed by atoms with E-state index in [1.54, 1.807) is 26.0 Å². The third-order valence-corrected chi connectivity index (χ3v) is 4.58. The summed E-state index contributed by atoms with van der Waals surface area (Å²) >= 11 is 0. The molecule has 0 heterocycles. The van der Waals surface area contributed by atoms with Crippen LogP contribution in [-0.2, 0) is 19.2 Å². The van der Waals surface area contributed by atoms with E-state index in [9.17, 15) is 24.3 Å². The van der Waals surface area contributed by atoms with Crippen LogP contribution in [-0.4, -0.2) is 33.8 Å². The Morgan fingerprint density at radius 1 is 1.08 bits per heavy atom. The van der Waals surface area contributed by atoms with Crippen molar-refractivity contribution in [2.75, 3.05) is 0 Å². The Morgan fingerprint density at radius 3 is 2.08 bits per heavy atom. The van der Waals surface area contributed by atoms with Gasteiger partial charge in [0.05, 0.1) is 5.92 Å². The van der Waals surface area contributed by atoms with Crippen LogP contribution in [0.4, 0.5) is 0 Å². The predicted molar refractivity (Wildman–Crippen MR) is 99.5 cm³/mol. The third-order valence-electron chi connectivity index (χ3n) is 4.58. The van der Waals surface area contributed by atoms with E-state index in [0.29, 0.717) is 0 Å². The minimum Gasteiger partial charge on any atom is -0.374 e. The van der Waals surface area contributed by atoms with Gasteiger partial charge in [0.25, 0.3) is 0 Å². The molecule has 144 valence electrons. The molecule has 0 saturated heterocycles. The van der Waals surface area contributed by atoms with Gasteiger partial charge in [0.15, 0.2) is 28.7 Å². The molecule has 0 bridgehead atoms. The summed E-state index contributed by atoms with van der Waals surface area (Å²) in [5.74, 6) is -5.57. The Bertz CT molecular complexity index is 660. The van der Waals surface area contributed by atoms with Crippen molar-refractivity contribution in [3.05, 3.63) is 23.3 Å². The van der Waals surface area contributed by atoms with Crippen molar-refractivity contribution in [1.29, 1.82) is 0 Å². The van der Waals surface area contributed by atoms with Gasteiger partial charge in [-0.15, -0.1) is 0 Å². The van der Waals surface area contributed by atoms with Gasteiger partial charge in [0, 0.05) is 12.8 Å². The molecule has 5 nitrogen and oxygen atoms in total. The van der Waals surface area contributed by atoms with Gasteiger partial charge in [-0.1, -0.05) is 37.1 Å². The predicted octanol–water partition coefficient (Wildman–Crippen LogP) is 3.00. The van der Waals surface area contributed by atoms with E-state index in [2.05, 4.69) is 0 Å². The number of Topliss-reactive ketones (excluding diaryl/α,β-unsaturated/α-hetero) is 4. The highest BCUT2D eigenvalue weighted by atomic mass is 16.3. The molecule has 0 amide bonds. The molecule has 0 radical (unpaired) electrons. The number of aliphatic hydroxyl groups is 1. The highest BCUT2D eigenvalue weighted by molar-refractivity contribution is 6.33. The van der Waals surface area contributed by atoms with Crippen LogP contribution in [0.3, 0.4) is 0 Å². The molecule has 26 heavy (non-hydrogen) atoms. The van der Waals surface area contributed by atoms with Crippen LogP contribution < -0.4 is 0 Å². The zero-order valence-electron chi connectivity index (χ0n) is 16.6. The van der Waals surface area contributed by atoms with Gasteiger partial charge < -0.3 is 5.11 Å². The van der Waals surface area contributed by atoms with Crippen molar-refractivity contribution < 1.29 is 24.3 Å². The Morgan fingerprint density at radius 2 is 1.62 bits per heavy atom. The summed E-state index contributed by atoms with van der Waals surface area (Å²) in [4.78, 5) is 50.8. The first-order valence-corrected chi connectivity index (χ1v) is 9.06. The van der Waals surface area contributed by atoms with Crippen LogP contribution in [0.1, 0.15) is 60.8 Å². The zero-order valence-corrected chi connectivity index (χ0v) is 16.6. The van der Waals surface area contributed by atoms with Crippen LogP contribution in [0.15, 0.2) is 23.3 Å². The summed E-state index contributed by atoms with van der Waals surface area (Å²) in [5, 5.41) is 11.0. The molecule has 1 N–H and O–H groups in total. The summed E-state index contributed by atoms with van der Waals surface area (Å²) in [6.07, 6.45) is 3.31. The average molecular weight is 362 g/mol. The maximum absolute atomic E-state index is 12.8. The fourth-order valence-corrected chi connectivity index (χ4v) is 3.18. The van der Waals surface area contributed by atoms with Gasteiger partial charge in [-0.3, -0.25) is 19.2 Å². The van der Waals surface area contributed by atoms with Crippen LogP contribution in [0, 0.1) is 17.8 Å². The number of carbonyl (C=O) groups excluding carboxylic acids is 4. The Balaban J connectivity index is 3.32. The van der Waals surface area contributed by atoms with Gasteiger partial charge in [-0.25, -0.2) is 0 Å². The SMILES string of the molecule is CC(C)=CCC(=O)[C@]1(O)C(=O)C(C(=O)CC(C)C)C(=O)[C@H]1CC=C(C)C. The van der Waals surface area contributed by atoms with Crippen LogP contribution in [0.5, 0.6) is 0 Å². The van der Waals surface area contributed by atoms with Crippen molar-refractivity contribution >= 4 is 23.1 Å². The van der Waals surface area contributed by atoms with Crippen LogP contribution >= 0.6 is 0 Å². The van der Waals surface area contributed by atoms with E-state index in [4.69, 9.17) is 0 Å². The molecule has 1 unspecified atom stereocenters.